The molecule has 0 bridgehead atoms. The Morgan fingerprint density at radius 3 is 2.38 bits per heavy atom. The van der Waals surface area contributed by atoms with Crippen molar-refractivity contribution in [2.45, 2.75) is 50.2 Å². The molecule has 4 nitrogen and oxygen atoms in total. The molecule has 1 aliphatic rings. The van der Waals surface area contributed by atoms with Crippen molar-refractivity contribution in [2.24, 2.45) is 0 Å². The summed E-state index contributed by atoms with van der Waals surface area (Å²) in [6.45, 7) is 0. The summed E-state index contributed by atoms with van der Waals surface area (Å²) in [5.41, 5.74) is 1.82. The number of aliphatic hydroxyl groups excluding tert-OH is 1. The molecule has 0 aromatic heterocycles. The van der Waals surface area contributed by atoms with Gasteiger partial charge in [0.25, 0.3) is 0 Å². The van der Waals surface area contributed by atoms with Crippen molar-refractivity contribution in [3.8, 4) is 5.75 Å². The first-order valence-electron chi connectivity index (χ1n) is 9.03. The van der Waals surface area contributed by atoms with Crippen molar-refractivity contribution in [3.05, 3.63) is 64.7 Å². The standard InChI is InChI=1S/C21H24ClNO3/c22-16-5-1-3-14(11-16)20(15-4-2-6-19(25)12-15)13-21(26)23-17-7-9-18(24)10-8-17/h1-6,11-12,17-18,20,24-25H,7-10,13H2,(H,23,26). The van der Waals surface area contributed by atoms with Crippen LogP contribution in [0, 0.1) is 0 Å². The van der Waals surface area contributed by atoms with Crippen LogP contribution in [0.25, 0.3) is 0 Å². The van der Waals surface area contributed by atoms with Crippen LogP contribution in [0.2, 0.25) is 5.02 Å². The lowest BCUT2D eigenvalue weighted by Gasteiger charge is -2.27. The first-order valence-corrected chi connectivity index (χ1v) is 9.41. The molecule has 1 fully saturated rings. The topological polar surface area (TPSA) is 69.6 Å². The van der Waals surface area contributed by atoms with E-state index in [2.05, 4.69) is 5.32 Å². The maximum absolute atomic E-state index is 12.7. The van der Waals surface area contributed by atoms with Crippen LogP contribution in [0.15, 0.2) is 48.5 Å². The molecule has 1 saturated carbocycles. The van der Waals surface area contributed by atoms with Crippen molar-refractivity contribution < 1.29 is 15.0 Å². The predicted octanol–water partition coefficient (Wildman–Crippen LogP) is 3.99. The Bertz CT molecular complexity index is 711. The summed E-state index contributed by atoms with van der Waals surface area (Å²) < 4.78 is 0. The molecular formula is C21H24ClNO3. The van der Waals surface area contributed by atoms with Gasteiger partial charge < -0.3 is 15.5 Å². The number of rotatable bonds is 5. The largest absolute Gasteiger partial charge is 0.508 e. The quantitative estimate of drug-likeness (QED) is 0.742. The van der Waals surface area contributed by atoms with Gasteiger partial charge in [-0.15, -0.1) is 0 Å². The van der Waals surface area contributed by atoms with Crippen LogP contribution in [-0.2, 0) is 4.79 Å². The number of benzene rings is 2. The third kappa shape index (κ3) is 4.99. The molecule has 1 amide bonds. The molecule has 0 spiro atoms. The van der Waals surface area contributed by atoms with Crippen molar-refractivity contribution in [3.63, 3.8) is 0 Å². The highest BCUT2D eigenvalue weighted by Gasteiger charge is 2.24. The van der Waals surface area contributed by atoms with Crippen molar-refractivity contribution >= 4 is 17.5 Å². The normalized spacial score (nSPS) is 21.2. The molecule has 5 heteroatoms. The van der Waals surface area contributed by atoms with E-state index in [4.69, 9.17) is 11.6 Å². The molecule has 1 aliphatic carbocycles. The molecule has 2 aromatic rings. The number of phenols is 1. The number of phenolic OH excluding ortho intramolecular Hbond substituents is 1. The summed E-state index contributed by atoms with van der Waals surface area (Å²) in [6, 6.07) is 14.6. The molecule has 0 heterocycles. The van der Waals surface area contributed by atoms with Crippen molar-refractivity contribution in [2.75, 3.05) is 0 Å². The maximum atomic E-state index is 12.7. The zero-order valence-corrected chi connectivity index (χ0v) is 15.3. The molecule has 2 aromatic carbocycles. The Morgan fingerprint density at radius 1 is 1.08 bits per heavy atom. The second-order valence-corrected chi connectivity index (χ2v) is 7.42. The number of carbonyl (C=O) groups is 1. The van der Waals surface area contributed by atoms with E-state index in [-0.39, 0.29) is 36.1 Å². The van der Waals surface area contributed by atoms with E-state index in [1.54, 1.807) is 24.3 Å². The number of aliphatic hydroxyl groups is 1. The molecule has 3 rings (SSSR count). The summed E-state index contributed by atoms with van der Waals surface area (Å²) >= 11 is 6.14. The zero-order valence-electron chi connectivity index (χ0n) is 14.6. The minimum absolute atomic E-state index is 0.0280. The SMILES string of the molecule is O=C(CC(c1cccc(O)c1)c1cccc(Cl)c1)NC1CCC(O)CC1. The average Bonchev–Trinajstić information content (AvgIpc) is 2.62. The Kier molecular flexibility index (Phi) is 6.17. The zero-order chi connectivity index (χ0) is 18.5. The van der Waals surface area contributed by atoms with E-state index in [0.717, 1.165) is 36.8 Å². The predicted molar refractivity (Wildman–Crippen MR) is 102 cm³/mol. The van der Waals surface area contributed by atoms with E-state index in [1.165, 1.54) is 0 Å². The first kappa shape index (κ1) is 18.7. The first-order chi connectivity index (χ1) is 12.5. The van der Waals surface area contributed by atoms with Gasteiger partial charge in [0.15, 0.2) is 0 Å². The lowest BCUT2D eigenvalue weighted by atomic mass is 9.87. The fraction of sp³-hybridized carbons (Fsp3) is 0.381. The highest BCUT2D eigenvalue weighted by molar-refractivity contribution is 6.30. The Morgan fingerprint density at radius 2 is 1.73 bits per heavy atom. The number of nitrogens with one attached hydrogen (secondary N) is 1. The summed E-state index contributed by atoms with van der Waals surface area (Å²) in [5.74, 6) is -0.0362. The van der Waals surface area contributed by atoms with Crippen LogP contribution < -0.4 is 5.32 Å². The second-order valence-electron chi connectivity index (χ2n) is 6.98. The van der Waals surface area contributed by atoms with E-state index < -0.39 is 0 Å². The van der Waals surface area contributed by atoms with Gasteiger partial charge in [-0.1, -0.05) is 35.9 Å². The summed E-state index contributed by atoms with van der Waals surface area (Å²) in [6.07, 6.45) is 3.12. The number of hydrogen-bond acceptors (Lipinski definition) is 3. The van der Waals surface area contributed by atoms with Crippen LogP contribution in [0.5, 0.6) is 5.75 Å². The fourth-order valence-corrected chi connectivity index (χ4v) is 3.78. The van der Waals surface area contributed by atoms with E-state index >= 15 is 0 Å². The monoisotopic (exact) mass is 373 g/mol. The van der Waals surface area contributed by atoms with Gasteiger partial charge in [-0.25, -0.2) is 0 Å². The average molecular weight is 374 g/mol. The molecule has 138 valence electrons. The molecule has 0 saturated heterocycles. The molecule has 1 atom stereocenters. The Balaban J connectivity index is 1.76. The van der Waals surface area contributed by atoms with Gasteiger partial charge >= 0.3 is 0 Å². The smallest absolute Gasteiger partial charge is 0.221 e. The Hall–Kier alpha value is -2.04. The third-order valence-electron chi connectivity index (χ3n) is 4.97. The third-order valence-corrected chi connectivity index (χ3v) is 5.21. The molecule has 0 aliphatic heterocycles. The van der Waals surface area contributed by atoms with Crippen molar-refractivity contribution in [1.82, 2.24) is 5.32 Å². The summed E-state index contributed by atoms with van der Waals surface area (Å²) in [5, 5.41) is 23.2. The van der Waals surface area contributed by atoms with Gasteiger partial charge in [-0.05, 0) is 61.1 Å². The number of aromatic hydroxyl groups is 1. The lowest BCUT2D eigenvalue weighted by Crippen LogP contribution is -2.39. The van der Waals surface area contributed by atoms with Crippen LogP contribution in [-0.4, -0.2) is 28.3 Å². The molecular weight excluding hydrogens is 350 g/mol. The molecule has 3 N–H and O–H groups in total. The van der Waals surface area contributed by atoms with Crippen LogP contribution in [0.3, 0.4) is 0 Å². The van der Waals surface area contributed by atoms with Crippen LogP contribution in [0.1, 0.15) is 49.1 Å². The number of amides is 1. The van der Waals surface area contributed by atoms with Gasteiger partial charge in [0, 0.05) is 23.4 Å². The summed E-state index contributed by atoms with van der Waals surface area (Å²) in [4.78, 5) is 12.7. The van der Waals surface area contributed by atoms with E-state index in [9.17, 15) is 15.0 Å². The van der Waals surface area contributed by atoms with Crippen LogP contribution in [0.4, 0.5) is 0 Å². The van der Waals surface area contributed by atoms with Gasteiger partial charge in [0.05, 0.1) is 6.10 Å². The van der Waals surface area contributed by atoms with Gasteiger partial charge in [-0.3, -0.25) is 4.79 Å². The minimum atomic E-state index is -0.241. The van der Waals surface area contributed by atoms with Crippen LogP contribution >= 0.6 is 11.6 Å². The van der Waals surface area contributed by atoms with E-state index in [0.29, 0.717) is 5.02 Å². The van der Waals surface area contributed by atoms with E-state index in [1.807, 2.05) is 24.3 Å². The minimum Gasteiger partial charge on any atom is -0.508 e. The number of halogens is 1. The number of hydrogen-bond donors (Lipinski definition) is 3. The van der Waals surface area contributed by atoms with Gasteiger partial charge in [-0.2, -0.15) is 0 Å². The second kappa shape index (κ2) is 8.56. The number of carbonyl (C=O) groups excluding carboxylic acids is 1. The highest BCUT2D eigenvalue weighted by atomic mass is 35.5. The van der Waals surface area contributed by atoms with Crippen molar-refractivity contribution in [1.29, 1.82) is 0 Å². The molecule has 1 unspecified atom stereocenters. The highest BCUT2D eigenvalue weighted by Crippen LogP contribution is 2.31. The maximum Gasteiger partial charge on any atom is 0.221 e. The van der Waals surface area contributed by atoms with Gasteiger partial charge in [0.1, 0.15) is 5.75 Å². The molecule has 0 radical (unpaired) electrons. The lowest BCUT2D eigenvalue weighted by molar-refractivity contribution is -0.122. The summed E-state index contributed by atoms with van der Waals surface area (Å²) in [7, 11) is 0. The Labute approximate surface area is 158 Å². The van der Waals surface area contributed by atoms with Gasteiger partial charge in [0.2, 0.25) is 5.91 Å². The molecule has 26 heavy (non-hydrogen) atoms. The fourth-order valence-electron chi connectivity index (χ4n) is 3.59.